The van der Waals surface area contributed by atoms with Gasteiger partial charge in [0.25, 0.3) is 0 Å². The Bertz CT molecular complexity index is 393. The first kappa shape index (κ1) is 18.2. The second-order valence-corrected chi connectivity index (χ2v) is 5.43. The normalized spacial score (nSPS) is 11.9. The molecule has 0 aliphatic heterocycles. The van der Waals surface area contributed by atoms with E-state index in [2.05, 4.69) is 43.3 Å². The number of aryl methyl sites for hydroxylation is 1. The zero-order valence-corrected chi connectivity index (χ0v) is 14.5. The Hall–Kier alpha value is -0.820. The van der Waals surface area contributed by atoms with E-state index in [4.69, 9.17) is 5.73 Å². The molecule has 4 N–H and O–H groups in total. The molecule has 19 heavy (non-hydrogen) atoms. The number of halogens is 1. The molecule has 1 rings (SSSR count). The highest BCUT2D eigenvalue weighted by atomic mass is 127. The van der Waals surface area contributed by atoms with Crippen LogP contribution in [0.2, 0.25) is 0 Å². The van der Waals surface area contributed by atoms with Gasteiger partial charge >= 0.3 is 0 Å². The Kier molecular flexibility index (Phi) is 8.01. The predicted molar refractivity (Wildman–Crippen MR) is 94.5 cm³/mol. The monoisotopic (exact) mass is 376 g/mol. The molecule has 0 bridgehead atoms. The molecule has 4 nitrogen and oxygen atoms in total. The molecule has 0 saturated heterocycles. The molecule has 0 aromatic heterocycles. The zero-order valence-electron chi connectivity index (χ0n) is 12.2. The lowest BCUT2D eigenvalue weighted by Gasteiger charge is -2.19. The van der Waals surface area contributed by atoms with E-state index < -0.39 is 0 Å². The van der Waals surface area contributed by atoms with Crippen LogP contribution in [0, 0.1) is 6.92 Å². The summed E-state index contributed by atoms with van der Waals surface area (Å²) in [4.78, 5) is 4.27. The van der Waals surface area contributed by atoms with Crippen molar-refractivity contribution >= 4 is 35.6 Å². The minimum atomic E-state index is 0. The summed E-state index contributed by atoms with van der Waals surface area (Å²) in [5, 5.41) is 6.42. The molecule has 5 heteroatoms. The number of hydrogen-bond donors (Lipinski definition) is 3. The average molecular weight is 376 g/mol. The van der Waals surface area contributed by atoms with Crippen LogP contribution in [-0.4, -0.2) is 24.6 Å². The summed E-state index contributed by atoms with van der Waals surface area (Å²) in [5.41, 5.74) is 8.12. The van der Waals surface area contributed by atoms with E-state index in [-0.39, 0.29) is 29.5 Å². The minimum absolute atomic E-state index is 0. The van der Waals surface area contributed by atoms with Crippen molar-refractivity contribution in [2.75, 3.05) is 18.4 Å². The Balaban J connectivity index is 0.00000324. The summed E-state index contributed by atoms with van der Waals surface area (Å²) in [6.07, 6.45) is 0. The van der Waals surface area contributed by atoms with Crippen molar-refractivity contribution in [1.29, 1.82) is 0 Å². The maximum absolute atomic E-state index is 5.80. The first-order valence-electron chi connectivity index (χ1n) is 6.25. The molecular formula is C14H25IN4. The van der Waals surface area contributed by atoms with E-state index in [0.717, 1.165) is 12.2 Å². The maximum Gasteiger partial charge on any atom is 0.193 e. The standard InChI is InChI=1S/C14H24N4.HI/c1-11-5-7-12(8-6-11)18-13(15)16-9-10-17-14(2,3)4;/h5-8,17H,9-10H2,1-4H3,(H3,15,16,18);1H. The molecule has 0 spiro atoms. The minimum Gasteiger partial charge on any atom is -0.370 e. The number of hydrogen-bond acceptors (Lipinski definition) is 2. The van der Waals surface area contributed by atoms with Gasteiger partial charge in [0.1, 0.15) is 0 Å². The highest BCUT2D eigenvalue weighted by Gasteiger charge is 2.06. The van der Waals surface area contributed by atoms with Crippen LogP contribution in [-0.2, 0) is 0 Å². The number of nitrogens with one attached hydrogen (secondary N) is 2. The van der Waals surface area contributed by atoms with Crippen LogP contribution in [0.15, 0.2) is 29.3 Å². The largest absolute Gasteiger partial charge is 0.370 e. The van der Waals surface area contributed by atoms with Crippen molar-refractivity contribution < 1.29 is 0 Å². The Morgan fingerprint density at radius 3 is 2.32 bits per heavy atom. The number of nitrogens with two attached hydrogens (primary N) is 1. The summed E-state index contributed by atoms with van der Waals surface area (Å²) < 4.78 is 0. The van der Waals surface area contributed by atoms with Gasteiger partial charge in [-0.05, 0) is 39.8 Å². The summed E-state index contributed by atoms with van der Waals surface area (Å²) >= 11 is 0. The fourth-order valence-electron chi connectivity index (χ4n) is 1.43. The van der Waals surface area contributed by atoms with Crippen LogP contribution in [0.25, 0.3) is 0 Å². The molecular weight excluding hydrogens is 351 g/mol. The highest BCUT2D eigenvalue weighted by Crippen LogP contribution is 2.07. The molecule has 0 fully saturated rings. The number of nitrogens with zero attached hydrogens (tertiary/aromatic N) is 1. The fraction of sp³-hybridized carbons (Fsp3) is 0.500. The smallest absolute Gasteiger partial charge is 0.193 e. The van der Waals surface area contributed by atoms with Crippen LogP contribution in [0.4, 0.5) is 5.69 Å². The van der Waals surface area contributed by atoms with E-state index in [1.165, 1.54) is 5.56 Å². The topological polar surface area (TPSA) is 62.4 Å². The molecule has 1 aromatic rings. The van der Waals surface area contributed by atoms with Crippen molar-refractivity contribution in [3.05, 3.63) is 29.8 Å². The lowest BCUT2D eigenvalue weighted by atomic mass is 10.1. The van der Waals surface area contributed by atoms with Gasteiger partial charge in [0.05, 0.1) is 6.54 Å². The molecule has 0 aliphatic carbocycles. The first-order chi connectivity index (χ1) is 8.37. The molecule has 0 aliphatic rings. The molecule has 0 unspecified atom stereocenters. The Labute approximate surface area is 133 Å². The second kappa shape index (κ2) is 8.37. The molecule has 1 aromatic carbocycles. The van der Waals surface area contributed by atoms with Crippen molar-refractivity contribution in [3.63, 3.8) is 0 Å². The van der Waals surface area contributed by atoms with Crippen molar-refractivity contribution in [1.82, 2.24) is 5.32 Å². The van der Waals surface area contributed by atoms with Gasteiger partial charge in [-0.1, -0.05) is 17.7 Å². The van der Waals surface area contributed by atoms with E-state index >= 15 is 0 Å². The summed E-state index contributed by atoms with van der Waals surface area (Å²) in [5.74, 6) is 0.453. The molecule has 0 atom stereocenters. The summed E-state index contributed by atoms with van der Waals surface area (Å²) in [7, 11) is 0. The van der Waals surface area contributed by atoms with Gasteiger partial charge in [0, 0.05) is 17.8 Å². The van der Waals surface area contributed by atoms with Gasteiger partial charge in [-0.2, -0.15) is 0 Å². The third-order valence-corrected chi connectivity index (χ3v) is 2.37. The van der Waals surface area contributed by atoms with Crippen LogP contribution in [0.1, 0.15) is 26.3 Å². The number of rotatable bonds is 4. The number of guanidine groups is 1. The van der Waals surface area contributed by atoms with Crippen molar-refractivity contribution in [2.45, 2.75) is 33.2 Å². The van der Waals surface area contributed by atoms with Crippen LogP contribution in [0.5, 0.6) is 0 Å². The van der Waals surface area contributed by atoms with Crippen LogP contribution in [0.3, 0.4) is 0 Å². The van der Waals surface area contributed by atoms with Gasteiger partial charge < -0.3 is 16.4 Å². The Morgan fingerprint density at radius 2 is 1.79 bits per heavy atom. The SMILES string of the molecule is Cc1ccc(NC(N)=NCCNC(C)(C)C)cc1.I. The van der Waals surface area contributed by atoms with Crippen LogP contribution < -0.4 is 16.4 Å². The second-order valence-electron chi connectivity index (χ2n) is 5.43. The van der Waals surface area contributed by atoms with Crippen molar-refractivity contribution in [2.24, 2.45) is 10.7 Å². The van der Waals surface area contributed by atoms with Gasteiger partial charge in [-0.15, -0.1) is 24.0 Å². The molecule has 0 saturated carbocycles. The van der Waals surface area contributed by atoms with Crippen LogP contribution >= 0.6 is 24.0 Å². The van der Waals surface area contributed by atoms with Gasteiger partial charge in [0.2, 0.25) is 0 Å². The predicted octanol–water partition coefficient (Wildman–Crippen LogP) is 2.73. The molecule has 0 amide bonds. The molecule has 0 radical (unpaired) electrons. The van der Waals surface area contributed by atoms with E-state index in [0.29, 0.717) is 12.5 Å². The van der Waals surface area contributed by atoms with Crippen molar-refractivity contribution in [3.8, 4) is 0 Å². The van der Waals surface area contributed by atoms with E-state index in [9.17, 15) is 0 Å². The third-order valence-electron chi connectivity index (χ3n) is 2.37. The maximum atomic E-state index is 5.80. The first-order valence-corrected chi connectivity index (χ1v) is 6.25. The lowest BCUT2D eigenvalue weighted by molar-refractivity contribution is 0.433. The lowest BCUT2D eigenvalue weighted by Crippen LogP contribution is -2.37. The summed E-state index contributed by atoms with van der Waals surface area (Å²) in [6.45, 7) is 9.93. The molecule has 108 valence electrons. The molecule has 0 heterocycles. The van der Waals surface area contributed by atoms with Gasteiger partial charge in [-0.25, -0.2) is 0 Å². The average Bonchev–Trinajstić information content (AvgIpc) is 2.26. The van der Waals surface area contributed by atoms with E-state index in [1.54, 1.807) is 0 Å². The quantitative estimate of drug-likeness (QED) is 0.328. The van der Waals surface area contributed by atoms with Gasteiger partial charge in [0.15, 0.2) is 5.96 Å². The van der Waals surface area contributed by atoms with E-state index in [1.807, 2.05) is 24.3 Å². The highest BCUT2D eigenvalue weighted by molar-refractivity contribution is 14.0. The number of benzene rings is 1. The zero-order chi connectivity index (χ0) is 13.6. The fourth-order valence-corrected chi connectivity index (χ4v) is 1.43. The summed E-state index contributed by atoms with van der Waals surface area (Å²) in [6, 6.07) is 8.06. The number of aliphatic imine (C=N–C) groups is 1. The van der Waals surface area contributed by atoms with Gasteiger partial charge in [-0.3, -0.25) is 4.99 Å². The Morgan fingerprint density at radius 1 is 1.21 bits per heavy atom. The number of anilines is 1. The third kappa shape index (κ3) is 8.83.